The van der Waals surface area contributed by atoms with E-state index in [1.165, 1.54) is 17.3 Å². The van der Waals surface area contributed by atoms with Crippen LogP contribution in [0.3, 0.4) is 0 Å². The summed E-state index contributed by atoms with van der Waals surface area (Å²) in [4.78, 5) is 4.62. The van der Waals surface area contributed by atoms with E-state index in [1.807, 2.05) is 30.3 Å². The number of aromatic nitrogens is 3. The van der Waals surface area contributed by atoms with Crippen molar-refractivity contribution in [2.45, 2.75) is 25.2 Å². The molecule has 0 fully saturated rings. The first kappa shape index (κ1) is 17.5. The molecule has 0 saturated carbocycles. The first-order valence-electron chi connectivity index (χ1n) is 8.74. The second kappa shape index (κ2) is 7.40. The van der Waals surface area contributed by atoms with Gasteiger partial charge in [-0.05, 0) is 25.5 Å². The summed E-state index contributed by atoms with van der Waals surface area (Å²) in [6.07, 6.45) is 1.46. The summed E-state index contributed by atoms with van der Waals surface area (Å²) >= 11 is 1.48. The molecule has 1 atom stereocenters. The van der Waals surface area contributed by atoms with E-state index in [0.29, 0.717) is 16.7 Å². The van der Waals surface area contributed by atoms with E-state index in [1.54, 1.807) is 0 Å². The van der Waals surface area contributed by atoms with Gasteiger partial charge >= 0.3 is 0 Å². The molecule has 136 valence electrons. The van der Waals surface area contributed by atoms with Crippen LogP contribution in [0, 0.1) is 13.8 Å². The van der Waals surface area contributed by atoms with E-state index < -0.39 is 0 Å². The highest BCUT2D eigenvalue weighted by molar-refractivity contribution is 7.99. The van der Waals surface area contributed by atoms with Gasteiger partial charge in [0, 0.05) is 22.6 Å². The third kappa shape index (κ3) is 3.53. The molecule has 3 aromatic rings. The van der Waals surface area contributed by atoms with Crippen LogP contribution in [-0.2, 0) is 0 Å². The van der Waals surface area contributed by atoms with E-state index >= 15 is 0 Å². The third-order valence-corrected chi connectivity index (χ3v) is 5.21. The molecular formula is C21H20N4OS. The van der Waals surface area contributed by atoms with Crippen molar-refractivity contribution in [3.63, 3.8) is 0 Å². The number of nitrogens with one attached hydrogen (secondary N) is 1. The number of ether oxygens (including phenoxy) is 1. The minimum absolute atomic E-state index is 0.360. The zero-order valence-electron chi connectivity index (χ0n) is 15.3. The van der Waals surface area contributed by atoms with E-state index in [-0.39, 0.29) is 6.23 Å². The number of benzene rings is 2. The van der Waals surface area contributed by atoms with Crippen molar-refractivity contribution in [3.05, 3.63) is 71.8 Å². The molecule has 0 amide bonds. The molecule has 27 heavy (non-hydrogen) atoms. The van der Waals surface area contributed by atoms with Crippen LogP contribution in [0.1, 0.15) is 22.9 Å². The Morgan fingerprint density at radius 3 is 2.89 bits per heavy atom. The molecule has 1 aliphatic rings. The Morgan fingerprint density at radius 1 is 1.19 bits per heavy atom. The molecule has 1 aliphatic heterocycles. The number of aryl methyl sites for hydroxylation is 2. The Balaban J connectivity index is 1.83. The maximum atomic E-state index is 6.32. The quantitative estimate of drug-likeness (QED) is 0.514. The standard InChI is InChI=1S/C21H20N4OS/c1-4-11-27-21-23-20-18(24-25-21)15-7-5-6-8-17(15)22-19(26-20)16-12-13(2)9-10-14(16)3/h4-10,12,19,22H,1,11H2,2-3H3/t19-/m1/s1. The van der Waals surface area contributed by atoms with Crippen molar-refractivity contribution in [3.8, 4) is 17.1 Å². The third-order valence-electron chi connectivity index (χ3n) is 4.38. The van der Waals surface area contributed by atoms with Crippen LogP contribution in [-0.4, -0.2) is 20.9 Å². The maximum absolute atomic E-state index is 6.32. The van der Waals surface area contributed by atoms with Crippen molar-refractivity contribution in [2.75, 3.05) is 11.1 Å². The fourth-order valence-electron chi connectivity index (χ4n) is 3.02. The summed E-state index contributed by atoms with van der Waals surface area (Å²) in [5.41, 5.74) is 5.94. The molecule has 2 aromatic carbocycles. The number of fused-ring (bicyclic) bond motifs is 3. The zero-order chi connectivity index (χ0) is 18.8. The van der Waals surface area contributed by atoms with Crippen LogP contribution in [0.15, 0.2) is 60.3 Å². The molecule has 5 nitrogen and oxygen atoms in total. The minimum atomic E-state index is -0.360. The molecule has 1 aromatic heterocycles. The van der Waals surface area contributed by atoms with Gasteiger partial charge in [0.15, 0.2) is 11.9 Å². The summed E-state index contributed by atoms with van der Waals surface area (Å²) < 4.78 is 6.32. The lowest BCUT2D eigenvalue weighted by atomic mass is 10.0. The second-order valence-electron chi connectivity index (χ2n) is 6.40. The Labute approximate surface area is 162 Å². The van der Waals surface area contributed by atoms with Crippen LogP contribution in [0.5, 0.6) is 5.88 Å². The average Bonchev–Trinajstić information content (AvgIpc) is 2.84. The van der Waals surface area contributed by atoms with Gasteiger partial charge in [0.25, 0.3) is 0 Å². The molecule has 2 heterocycles. The zero-order valence-corrected chi connectivity index (χ0v) is 16.1. The van der Waals surface area contributed by atoms with Crippen LogP contribution in [0.4, 0.5) is 5.69 Å². The summed E-state index contributed by atoms with van der Waals surface area (Å²) in [5.74, 6) is 1.20. The van der Waals surface area contributed by atoms with Gasteiger partial charge in [-0.1, -0.05) is 59.8 Å². The van der Waals surface area contributed by atoms with Crippen molar-refractivity contribution >= 4 is 17.4 Å². The van der Waals surface area contributed by atoms with Crippen LogP contribution in [0.2, 0.25) is 0 Å². The Morgan fingerprint density at radius 2 is 2.04 bits per heavy atom. The fraction of sp³-hybridized carbons (Fsp3) is 0.190. The number of anilines is 1. The largest absolute Gasteiger partial charge is 0.448 e. The van der Waals surface area contributed by atoms with E-state index in [4.69, 9.17) is 4.74 Å². The van der Waals surface area contributed by atoms with Crippen LogP contribution >= 0.6 is 11.8 Å². The minimum Gasteiger partial charge on any atom is -0.448 e. The molecule has 0 aliphatic carbocycles. The van der Waals surface area contributed by atoms with Crippen molar-refractivity contribution in [1.82, 2.24) is 15.2 Å². The monoisotopic (exact) mass is 376 g/mol. The molecule has 1 N–H and O–H groups in total. The molecule has 6 heteroatoms. The van der Waals surface area contributed by atoms with E-state index in [9.17, 15) is 0 Å². The maximum Gasteiger partial charge on any atom is 0.247 e. The lowest BCUT2D eigenvalue weighted by Crippen LogP contribution is -2.18. The van der Waals surface area contributed by atoms with Crippen molar-refractivity contribution in [2.24, 2.45) is 0 Å². The molecular weight excluding hydrogens is 356 g/mol. The summed E-state index contributed by atoms with van der Waals surface area (Å²) in [6.45, 7) is 7.90. The smallest absolute Gasteiger partial charge is 0.247 e. The van der Waals surface area contributed by atoms with E-state index in [0.717, 1.165) is 28.1 Å². The first-order valence-corrected chi connectivity index (χ1v) is 9.72. The van der Waals surface area contributed by atoms with Gasteiger partial charge in [0.2, 0.25) is 11.0 Å². The lowest BCUT2D eigenvalue weighted by molar-refractivity contribution is 0.224. The molecule has 4 rings (SSSR count). The number of rotatable bonds is 4. The van der Waals surface area contributed by atoms with Crippen LogP contribution < -0.4 is 10.1 Å². The highest BCUT2D eigenvalue weighted by Gasteiger charge is 2.26. The number of thioether (sulfide) groups is 1. The molecule has 0 bridgehead atoms. The first-order chi connectivity index (χ1) is 13.2. The van der Waals surface area contributed by atoms with Gasteiger partial charge in [0.05, 0.1) is 0 Å². The predicted molar refractivity (Wildman–Crippen MR) is 109 cm³/mol. The number of nitrogens with zero attached hydrogens (tertiary/aromatic N) is 3. The highest BCUT2D eigenvalue weighted by Crippen LogP contribution is 2.40. The van der Waals surface area contributed by atoms with Gasteiger partial charge in [-0.25, -0.2) is 0 Å². The van der Waals surface area contributed by atoms with Gasteiger partial charge in [0.1, 0.15) is 0 Å². The summed E-state index contributed by atoms with van der Waals surface area (Å²) in [7, 11) is 0. The fourth-order valence-corrected chi connectivity index (χ4v) is 3.54. The predicted octanol–water partition coefficient (Wildman–Crippen LogP) is 4.94. The Bertz CT molecular complexity index is 1010. The van der Waals surface area contributed by atoms with Crippen molar-refractivity contribution in [1.29, 1.82) is 0 Å². The molecule has 0 spiro atoms. The molecule has 0 unspecified atom stereocenters. The molecule has 0 radical (unpaired) electrons. The van der Waals surface area contributed by atoms with Gasteiger partial charge in [-0.2, -0.15) is 4.98 Å². The SMILES string of the molecule is C=CCSc1nnc2c(n1)O[C@H](c1cc(C)ccc1C)Nc1ccccc1-2. The number of para-hydroxylation sites is 1. The number of hydrogen-bond donors (Lipinski definition) is 1. The highest BCUT2D eigenvalue weighted by atomic mass is 32.2. The van der Waals surface area contributed by atoms with Gasteiger partial charge in [-0.3, -0.25) is 0 Å². The average molecular weight is 376 g/mol. The summed E-state index contributed by atoms with van der Waals surface area (Å²) in [5, 5.41) is 12.7. The Kier molecular flexibility index (Phi) is 4.81. The summed E-state index contributed by atoms with van der Waals surface area (Å²) in [6, 6.07) is 14.3. The normalized spacial score (nSPS) is 15.0. The van der Waals surface area contributed by atoms with Crippen molar-refractivity contribution < 1.29 is 4.74 Å². The van der Waals surface area contributed by atoms with Crippen LogP contribution in [0.25, 0.3) is 11.3 Å². The van der Waals surface area contributed by atoms with E-state index in [2.05, 4.69) is 59.1 Å². The molecule has 0 saturated heterocycles. The Hall–Kier alpha value is -2.86. The number of hydrogen-bond acceptors (Lipinski definition) is 6. The topological polar surface area (TPSA) is 59.9 Å². The van der Waals surface area contributed by atoms with Gasteiger partial charge < -0.3 is 10.1 Å². The lowest BCUT2D eigenvalue weighted by Gasteiger charge is -2.21. The van der Waals surface area contributed by atoms with Gasteiger partial charge in [-0.15, -0.1) is 16.8 Å². The second-order valence-corrected chi connectivity index (χ2v) is 7.38.